The van der Waals surface area contributed by atoms with Gasteiger partial charge < -0.3 is 10.2 Å². The summed E-state index contributed by atoms with van der Waals surface area (Å²) < 4.78 is 2.71. The van der Waals surface area contributed by atoms with Crippen molar-refractivity contribution in [3.63, 3.8) is 0 Å². The van der Waals surface area contributed by atoms with Gasteiger partial charge in [0.2, 0.25) is 11.8 Å². The Morgan fingerprint density at radius 2 is 2.04 bits per heavy atom. The largest absolute Gasteiger partial charge is 0.345 e. The molecule has 8 heteroatoms. The van der Waals surface area contributed by atoms with Gasteiger partial charge in [0.05, 0.1) is 6.54 Å². The second-order valence-corrected chi connectivity index (χ2v) is 6.01. The second kappa shape index (κ2) is 7.43. The van der Waals surface area contributed by atoms with Crippen molar-refractivity contribution in [1.29, 1.82) is 0 Å². The third kappa shape index (κ3) is 4.00. The van der Waals surface area contributed by atoms with Gasteiger partial charge in [0.15, 0.2) is 5.82 Å². The Kier molecular flexibility index (Phi) is 5.57. The molecule has 1 saturated heterocycles. The number of carbonyl (C=O) groups is 2. The summed E-state index contributed by atoms with van der Waals surface area (Å²) >= 11 is 0. The molecule has 1 atom stereocenters. The zero-order chi connectivity index (χ0) is 17.0. The van der Waals surface area contributed by atoms with Gasteiger partial charge in [0.25, 0.3) is 0 Å². The fourth-order valence-electron chi connectivity index (χ4n) is 2.81. The minimum atomic E-state index is -0.475. The minimum absolute atomic E-state index is 0.0852. The van der Waals surface area contributed by atoms with Crippen LogP contribution in [0.2, 0.25) is 0 Å². The van der Waals surface area contributed by atoms with Gasteiger partial charge in [-0.1, -0.05) is 6.92 Å². The lowest BCUT2D eigenvalue weighted by atomic mass is 10.1. The highest BCUT2D eigenvalue weighted by molar-refractivity contribution is 5.87. The van der Waals surface area contributed by atoms with E-state index in [2.05, 4.69) is 10.4 Å². The van der Waals surface area contributed by atoms with E-state index in [-0.39, 0.29) is 24.0 Å². The van der Waals surface area contributed by atoms with E-state index in [0.717, 1.165) is 19.3 Å². The third-order valence-corrected chi connectivity index (χ3v) is 4.14. The van der Waals surface area contributed by atoms with Crippen molar-refractivity contribution in [2.24, 2.45) is 14.1 Å². The van der Waals surface area contributed by atoms with Crippen LogP contribution in [0.15, 0.2) is 4.79 Å². The molecular weight excluding hydrogens is 298 g/mol. The Hall–Kier alpha value is -2.12. The van der Waals surface area contributed by atoms with E-state index in [9.17, 15) is 14.4 Å². The standard InChI is InChI=1S/C15H25N5O3/c1-4-7-13(21)16-11-8-5-6-9-20(14(11)22)10-12-17-19(3)15(23)18(12)2/h11H,4-10H2,1-3H3,(H,16,21). The molecule has 0 bridgehead atoms. The van der Waals surface area contributed by atoms with E-state index < -0.39 is 6.04 Å². The zero-order valence-corrected chi connectivity index (χ0v) is 14.0. The van der Waals surface area contributed by atoms with Crippen LogP contribution in [-0.2, 0) is 30.2 Å². The molecule has 2 rings (SSSR count). The number of amides is 2. The van der Waals surface area contributed by atoms with Crippen molar-refractivity contribution in [2.75, 3.05) is 6.54 Å². The Morgan fingerprint density at radius 1 is 1.30 bits per heavy atom. The molecule has 1 aliphatic heterocycles. The van der Waals surface area contributed by atoms with E-state index in [1.165, 1.54) is 9.25 Å². The lowest BCUT2D eigenvalue weighted by Gasteiger charge is -2.24. The van der Waals surface area contributed by atoms with Gasteiger partial charge in [0, 0.05) is 27.1 Å². The highest BCUT2D eigenvalue weighted by atomic mass is 16.2. The molecule has 23 heavy (non-hydrogen) atoms. The molecule has 2 heterocycles. The summed E-state index contributed by atoms with van der Waals surface area (Å²) in [7, 11) is 3.23. The van der Waals surface area contributed by atoms with Crippen molar-refractivity contribution in [3.05, 3.63) is 16.3 Å². The Morgan fingerprint density at radius 3 is 2.65 bits per heavy atom. The highest BCUT2D eigenvalue weighted by Gasteiger charge is 2.29. The molecule has 1 fully saturated rings. The van der Waals surface area contributed by atoms with Gasteiger partial charge in [-0.15, -0.1) is 0 Å². The maximum Gasteiger partial charge on any atom is 0.345 e. The number of rotatable bonds is 5. The van der Waals surface area contributed by atoms with Crippen LogP contribution in [-0.4, -0.2) is 43.6 Å². The number of carbonyl (C=O) groups excluding carboxylic acids is 2. The van der Waals surface area contributed by atoms with E-state index >= 15 is 0 Å². The molecule has 1 unspecified atom stereocenters. The molecule has 0 spiro atoms. The molecule has 1 N–H and O–H groups in total. The lowest BCUT2D eigenvalue weighted by Crippen LogP contribution is -2.47. The number of aryl methyl sites for hydroxylation is 1. The fraction of sp³-hybridized carbons (Fsp3) is 0.733. The normalized spacial score (nSPS) is 18.8. The SMILES string of the molecule is CCCC(=O)NC1CCCCN(Cc2nn(C)c(=O)n2C)C1=O. The van der Waals surface area contributed by atoms with Crippen LogP contribution >= 0.6 is 0 Å². The Labute approximate surface area is 135 Å². The summed E-state index contributed by atoms with van der Waals surface area (Å²) in [4.78, 5) is 37.9. The molecule has 0 saturated carbocycles. The van der Waals surface area contributed by atoms with Gasteiger partial charge >= 0.3 is 5.69 Å². The quantitative estimate of drug-likeness (QED) is 0.820. The summed E-state index contributed by atoms with van der Waals surface area (Å²) in [5.41, 5.74) is -0.213. The van der Waals surface area contributed by atoms with Crippen molar-refractivity contribution >= 4 is 11.8 Å². The average molecular weight is 323 g/mol. The molecule has 0 aromatic carbocycles. The van der Waals surface area contributed by atoms with Crippen LogP contribution in [0.5, 0.6) is 0 Å². The second-order valence-electron chi connectivity index (χ2n) is 6.01. The van der Waals surface area contributed by atoms with Crippen molar-refractivity contribution in [1.82, 2.24) is 24.6 Å². The topological polar surface area (TPSA) is 89.2 Å². The molecule has 2 amide bonds. The van der Waals surface area contributed by atoms with E-state index in [0.29, 0.717) is 25.2 Å². The number of aromatic nitrogens is 3. The molecule has 1 aliphatic rings. The number of hydrogen-bond acceptors (Lipinski definition) is 4. The summed E-state index contributed by atoms with van der Waals surface area (Å²) in [6, 6.07) is -0.475. The monoisotopic (exact) mass is 323 g/mol. The van der Waals surface area contributed by atoms with Gasteiger partial charge in [0.1, 0.15) is 6.04 Å². The third-order valence-electron chi connectivity index (χ3n) is 4.14. The maximum atomic E-state index is 12.7. The first kappa shape index (κ1) is 17.2. The summed E-state index contributed by atoms with van der Waals surface area (Å²) in [5, 5.41) is 7.00. The predicted octanol–water partition coefficient (Wildman–Crippen LogP) is -0.0838. The molecular formula is C15H25N5O3. The van der Waals surface area contributed by atoms with Gasteiger partial charge in [-0.25, -0.2) is 9.48 Å². The first-order chi connectivity index (χ1) is 10.9. The molecule has 128 valence electrons. The Balaban J connectivity index is 2.11. The number of nitrogens with zero attached hydrogens (tertiary/aromatic N) is 4. The van der Waals surface area contributed by atoms with Gasteiger partial charge in [-0.2, -0.15) is 5.10 Å². The van der Waals surface area contributed by atoms with Crippen molar-refractivity contribution < 1.29 is 9.59 Å². The number of hydrogen-bond donors (Lipinski definition) is 1. The van der Waals surface area contributed by atoms with Crippen LogP contribution in [0.3, 0.4) is 0 Å². The lowest BCUT2D eigenvalue weighted by molar-refractivity contribution is -0.136. The molecule has 0 radical (unpaired) electrons. The highest BCUT2D eigenvalue weighted by Crippen LogP contribution is 2.14. The van der Waals surface area contributed by atoms with Gasteiger partial charge in [-0.05, 0) is 25.7 Å². The van der Waals surface area contributed by atoms with E-state index in [1.807, 2.05) is 6.92 Å². The summed E-state index contributed by atoms with van der Waals surface area (Å²) in [6.07, 6.45) is 3.62. The first-order valence-electron chi connectivity index (χ1n) is 8.11. The fourth-order valence-corrected chi connectivity index (χ4v) is 2.81. The number of nitrogens with one attached hydrogen (secondary N) is 1. The van der Waals surface area contributed by atoms with Crippen LogP contribution in [0, 0.1) is 0 Å². The first-order valence-corrected chi connectivity index (χ1v) is 8.11. The molecule has 1 aromatic heterocycles. The maximum absolute atomic E-state index is 12.7. The smallest absolute Gasteiger partial charge is 0.344 e. The van der Waals surface area contributed by atoms with E-state index in [1.54, 1.807) is 19.0 Å². The number of likely N-dealkylation sites (tertiary alicyclic amines) is 1. The van der Waals surface area contributed by atoms with Crippen LogP contribution in [0.25, 0.3) is 0 Å². The van der Waals surface area contributed by atoms with Crippen LogP contribution in [0.1, 0.15) is 44.9 Å². The predicted molar refractivity (Wildman–Crippen MR) is 84.6 cm³/mol. The Bertz CT molecular complexity index is 634. The van der Waals surface area contributed by atoms with Crippen LogP contribution in [0.4, 0.5) is 0 Å². The molecule has 8 nitrogen and oxygen atoms in total. The van der Waals surface area contributed by atoms with Crippen LogP contribution < -0.4 is 11.0 Å². The molecule has 0 aliphatic carbocycles. The summed E-state index contributed by atoms with van der Waals surface area (Å²) in [6.45, 7) is 2.83. The molecule has 1 aromatic rings. The minimum Gasteiger partial charge on any atom is -0.344 e. The van der Waals surface area contributed by atoms with Crippen molar-refractivity contribution in [2.45, 2.75) is 51.6 Å². The van der Waals surface area contributed by atoms with E-state index in [4.69, 9.17) is 0 Å². The average Bonchev–Trinajstić information content (AvgIpc) is 2.65. The summed E-state index contributed by atoms with van der Waals surface area (Å²) in [5.74, 6) is 0.370. The van der Waals surface area contributed by atoms with Crippen molar-refractivity contribution in [3.8, 4) is 0 Å². The van der Waals surface area contributed by atoms with Gasteiger partial charge in [-0.3, -0.25) is 14.2 Å². The zero-order valence-electron chi connectivity index (χ0n) is 14.0.